The molecule has 8 heteroatoms. The van der Waals surface area contributed by atoms with Gasteiger partial charge in [0, 0.05) is 19.6 Å². The maximum Gasteiger partial charge on any atom is 0.319 e. The number of hydrogen-bond acceptors (Lipinski definition) is 5. The molecule has 2 aromatic carbocycles. The lowest BCUT2D eigenvalue weighted by Crippen LogP contribution is -2.49. The van der Waals surface area contributed by atoms with Crippen LogP contribution in [-0.2, 0) is 38.6 Å². The second kappa shape index (κ2) is 12.2. The van der Waals surface area contributed by atoms with Crippen molar-refractivity contribution in [2.45, 2.75) is 70.6 Å². The topological polar surface area (TPSA) is 102 Å². The van der Waals surface area contributed by atoms with Gasteiger partial charge in [0.1, 0.15) is 17.6 Å². The summed E-state index contributed by atoms with van der Waals surface area (Å²) in [6.45, 7) is 6.30. The first-order valence-electron chi connectivity index (χ1n) is 12.5. The summed E-state index contributed by atoms with van der Waals surface area (Å²) in [5.74, 6) is -2.65. The Morgan fingerprint density at radius 1 is 1.06 bits per heavy atom. The molecule has 0 saturated carbocycles. The van der Waals surface area contributed by atoms with Crippen molar-refractivity contribution < 1.29 is 19.1 Å². The third-order valence-electron chi connectivity index (χ3n) is 6.20. The molecule has 2 unspecified atom stereocenters. The second-order valence-corrected chi connectivity index (χ2v) is 10.4. The van der Waals surface area contributed by atoms with Crippen LogP contribution in [0.4, 0.5) is 0 Å². The van der Waals surface area contributed by atoms with E-state index in [4.69, 9.17) is 18.3 Å². The maximum absolute atomic E-state index is 13.7. The molecule has 1 saturated heterocycles. The first kappa shape index (κ1) is 27.5. The van der Waals surface area contributed by atoms with Crippen LogP contribution in [0.15, 0.2) is 54.6 Å². The van der Waals surface area contributed by atoms with E-state index in [0.29, 0.717) is 25.9 Å². The molecule has 2 aromatic rings. The Hall–Kier alpha value is -3.13. The summed E-state index contributed by atoms with van der Waals surface area (Å²) in [5.41, 5.74) is 7.86. The number of aryl methyl sites for hydroxylation is 1. The largest absolute Gasteiger partial charge is 0.459 e. The van der Waals surface area contributed by atoms with Gasteiger partial charge in [-0.25, -0.2) is 0 Å². The van der Waals surface area contributed by atoms with E-state index in [9.17, 15) is 14.4 Å². The standard InChI is InChI=1S/C28H36BN3O4/c1-28(2,3)36-27(35)23(14-13-19-7-5-4-6-8-19)26(34)32-18-22(29)15-24(32)25(33)31-17-21-11-9-20(16-30)10-12-21/h4-12,22-24H,13-18,30H2,1-3H3,(H,31,33)/t22?,23?,24-/m0/s1. The molecule has 0 aliphatic carbocycles. The summed E-state index contributed by atoms with van der Waals surface area (Å²) in [6.07, 6.45) is 1.15. The Labute approximate surface area is 215 Å². The second-order valence-electron chi connectivity index (χ2n) is 10.4. The molecule has 7 nitrogen and oxygen atoms in total. The maximum atomic E-state index is 13.7. The predicted molar refractivity (Wildman–Crippen MR) is 140 cm³/mol. The van der Waals surface area contributed by atoms with E-state index >= 15 is 0 Å². The molecule has 3 rings (SSSR count). The number of esters is 1. The number of nitrogens with one attached hydrogen (secondary N) is 1. The van der Waals surface area contributed by atoms with Crippen molar-refractivity contribution in [1.82, 2.24) is 10.2 Å². The van der Waals surface area contributed by atoms with Crippen LogP contribution in [0.5, 0.6) is 0 Å². The molecule has 0 bridgehead atoms. The average Bonchev–Trinajstić information content (AvgIpc) is 3.24. The van der Waals surface area contributed by atoms with Crippen LogP contribution in [0, 0.1) is 5.92 Å². The van der Waals surface area contributed by atoms with Crippen LogP contribution in [-0.4, -0.2) is 48.7 Å². The Kier molecular flexibility index (Phi) is 9.32. The predicted octanol–water partition coefficient (Wildman–Crippen LogP) is 2.91. The zero-order chi connectivity index (χ0) is 26.3. The molecule has 3 N–H and O–H groups in total. The van der Waals surface area contributed by atoms with Gasteiger partial charge in [0.2, 0.25) is 11.8 Å². The number of carbonyl (C=O) groups excluding carboxylic acids is 3. The molecule has 0 spiro atoms. The summed E-state index contributed by atoms with van der Waals surface area (Å²) in [6, 6.07) is 16.6. The van der Waals surface area contributed by atoms with Gasteiger partial charge < -0.3 is 20.7 Å². The molecular weight excluding hydrogens is 453 g/mol. The molecule has 0 aromatic heterocycles. The summed E-state index contributed by atoms with van der Waals surface area (Å²) >= 11 is 0. The summed E-state index contributed by atoms with van der Waals surface area (Å²) in [5, 5.41) is 2.91. The Morgan fingerprint density at radius 3 is 2.31 bits per heavy atom. The first-order valence-corrected chi connectivity index (χ1v) is 12.5. The van der Waals surface area contributed by atoms with Crippen molar-refractivity contribution >= 4 is 25.6 Å². The van der Waals surface area contributed by atoms with Gasteiger partial charge in [0.15, 0.2) is 0 Å². The molecule has 190 valence electrons. The smallest absolute Gasteiger partial charge is 0.319 e. The van der Waals surface area contributed by atoms with Crippen molar-refractivity contribution in [3.8, 4) is 0 Å². The number of carbonyl (C=O) groups is 3. The monoisotopic (exact) mass is 489 g/mol. The van der Waals surface area contributed by atoms with E-state index in [1.54, 1.807) is 20.8 Å². The minimum atomic E-state index is -1.02. The molecule has 1 aliphatic heterocycles. The number of nitrogens with two attached hydrogens (primary N) is 1. The zero-order valence-electron chi connectivity index (χ0n) is 21.4. The normalized spacial score (nSPS) is 18.5. The fraction of sp³-hybridized carbons (Fsp3) is 0.464. The quantitative estimate of drug-likeness (QED) is 0.321. The number of ether oxygens (including phenoxy) is 1. The van der Waals surface area contributed by atoms with Gasteiger partial charge in [-0.1, -0.05) is 60.4 Å². The van der Waals surface area contributed by atoms with E-state index in [1.807, 2.05) is 54.6 Å². The van der Waals surface area contributed by atoms with E-state index in [0.717, 1.165) is 16.7 Å². The minimum Gasteiger partial charge on any atom is -0.459 e. The lowest BCUT2D eigenvalue weighted by molar-refractivity contribution is -0.166. The van der Waals surface area contributed by atoms with Crippen LogP contribution in [0.3, 0.4) is 0 Å². The highest BCUT2D eigenvalue weighted by Gasteiger charge is 2.42. The molecular formula is C28H36BN3O4. The van der Waals surface area contributed by atoms with Crippen molar-refractivity contribution in [2.24, 2.45) is 11.7 Å². The van der Waals surface area contributed by atoms with E-state index in [-0.39, 0.29) is 24.7 Å². The van der Waals surface area contributed by atoms with Crippen LogP contribution in [0.1, 0.15) is 50.3 Å². The van der Waals surface area contributed by atoms with Crippen molar-refractivity contribution in [1.29, 1.82) is 0 Å². The summed E-state index contributed by atoms with van der Waals surface area (Å²) < 4.78 is 5.59. The average molecular weight is 489 g/mol. The van der Waals surface area contributed by atoms with Crippen LogP contribution >= 0.6 is 0 Å². The Morgan fingerprint density at radius 2 is 1.69 bits per heavy atom. The SMILES string of the molecule is [B]C1C[C@@H](C(=O)NCc2ccc(CN)cc2)N(C(=O)C(CCc2ccccc2)C(=O)OC(C)(C)C)C1. The number of benzene rings is 2. The molecule has 36 heavy (non-hydrogen) atoms. The van der Waals surface area contributed by atoms with Gasteiger partial charge in [-0.2, -0.15) is 0 Å². The molecule has 3 atom stereocenters. The van der Waals surface area contributed by atoms with Crippen molar-refractivity contribution in [3.63, 3.8) is 0 Å². The highest BCUT2D eigenvalue weighted by atomic mass is 16.6. The number of amides is 2. The number of rotatable bonds is 9. The third kappa shape index (κ3) is 7.69. The molecule has 2 amide bonds. The zero-order valence-corrected chi connectivity index (χ0v) is 21.4. The Balaban J connectivity index is 1.73. The fourth-order valence-corrected chi connectivity index (χ4v) is 4.33. The van der Waals surface area contributed by atoms with Gasteiger partial charge in [0.25, 0.3) is 0 Å². The number of nitrogens with zero attached hydrogens (tertiary/aromatic N) is 1. The van der Waals surface area contributed by atoms with E-state index in [1.165, 1.54) is 4.90 Å². The van der Waals surface area contributed by atoms with Gasteiger partial charge in [-0.05, 0) is 56.7 Å². The Bertz CT molecular complexity index is 1040. The van der Waals surface area contributed by atoms with Gasteiger partial charge >= 0.3 is 5.97 Å². The summed E-state index contributed by atoms with van der Waals surface area (Å²) in [7, 11) is 6.17. The lowest BCUT2D eigenvalue weighted by atomic mass is 9.85. The lowest BCUT2D eigenvalue weighted by Gasteiger charge is -2.29. The third-order valence-corrected chi connectivity index (χ3v) is 6.20. The van der Waals surface area contributed by atoms with Crippen LogP contribution < -0.4 is 11.1 Å². The van der Waals surface area contributed by atoms with Crippen LogP contribution in [0.2, 0.25) is 5.82 Å². The van der Waals surface area contributed by atoms with Gasteiger partial charge in [-0.15, -0.1) is 0 Å². The van der Waals surface area contributed by atoms with Crippen molar-refractivity contribution in [2.75, 3.05) is 6.54 Å². The first-order chi connectivity index (χ1) is 17.1. The summed E-state index contributed by atoms with van der Waals surface area (Å²) in [4.78, 5) is 41.3. The minimum absolute atomic E-state index is 0.215. The van der Waals surface area contributed by atoms with Crippen molar-refractivity contribution in [3.05, 3.63) is 71.3 Å². The molecule has 2 radical (unpaired) electrons. The fourth-order valence-electron chi connectivity index (χ4n) is 4.33. The molecule has 1 fully saturated rings. The highest BCUT2D eigenvalue weighted by molar-refractivity contribution is 6.13. The molecule has 1 heterocycles. The highest BCUT2D eigenvalue weighted by Crippen LogP contribution is 2.29. The van der Waals surface area contributed by atoms with Crippen LogP contribution in [0.25, 0.3) is 0 Å². The van der Waals surface area contributed by atoms with Gasteiger partial charge in [-0.3, -0.25) is 14.4 Å². The molecule has 1 aliphatic rings. The number of likely N-dealkylation sites (tertiary alicyclic amines) is 1. The number of hydrogen-bond donors (Lipinski definition) is 2. The van der Waals surface area contributed by atoms with Gasteiger partial charge in [0.05, 0.1) is 7.85 Å². The van der Waals surface area contributed by atoms with E-state index < -0.39 is 29.4 Å². The van der Waals surface area contributed by atoms with E-state index in [2.05, 4.69) is 5.32 Å².